The Balaban J connectivity index is 1.64. The Labute approximate surface area is 166 Å². The number of carbonyl (C=O) groups is 2. The fourth-order valence-electron chi connectivity index (χ4n) is 2.41. The molecule has 1 amide bonds. The van der Waals surface area contributed by atoms with Gasteiger partial charge in [-0.25, -0.2) is 4.79 Å². The van der Waals surface area contributed by atoms with Gasteiger partial charge >= 0.3 is 5.97 Å². The summed E-state index contributed by atoms with van der Waals surface area (Å²) in [6.07, 6.45) is 0. The second kappa shape index (κ2) is 8.96. The molecule has 0 radical (unpaired) electrons. The van der Waals surface area contributed by atoms with Gasteiger partial charge in [0.15, 0.2) is 11.5 Å². The Kier molecular flexibility index (Phi) is 6.18. The predicted molar refractivity (Wildman–Crippen MR) is 106 cm³/mol. The number of ether oxygens (including phenoxy) is 1. The molecule has 1 aromatic heterocycles. The number of para-hydroxylation sites is 1. The number of benzene rings is 2. The molecule has 28 heavy (non-hydrogen) atoms. The van der Waals surface area contributed by atoms with Crippen LogP contribution in [0.5, 0.6) is 0 Å². The van der Waals surface area contributed by atoms with E-state index in [-0.39, 0.29) is 11.6 Å². The van der Waals surface area contributed by atoms with Crippen molar-refractivity contribution < 1.29 is 14.3 Å². The second-order valence-electron chi connectivity index (χ2n) is 5.78. The number of amides is 1. The van der Waals surface area contributed by atoms with Crippen LogP contribution in [-0.2, 0) is 11.3 Å². The molecule has 0 aliphatic rings. The van der Waals surface area contributed by atoms with E-state index in [0.29, 0.717) is 28.6 Å². The number of rotatable bonds is 6. The van der Waals surface area contributed by atoms with Gasteiger partial charge < -0.3 is 15.4 Å². The van der Waals surface area contributed by atoms with Gasteiger partial charge in [0.2, 0.25) is 0 Å². The van der Waals surface area contributed by atoms with Crippen molar-refractivity contribution in [1.29, 1.82) is 0 Å². The lowest BCUT2D eigenvalue weighted by molar-refractivity contribution is 0.0601. The molecule has 0 aliphatic carbocycles. The van der Waals surface area contributed by atoms with E-state index in [1.54, 1.807) is 48.5 Å². The zero-order valence-corrected chi connectivity index (χ0v) is 15.7. The molecule has 2 aromatic carbocycles. The van der Waals surface area contributed by atoms with E-state index in [9.17, 15) is 9.59 Å². The highest BCUT2D eigenvalue weighted by atomic mass is 35.5. The number of hydrogen-bond acceptors (Lipinski definition) is 6. The first-order valence-corrected chi connectivity index (χ1v) is 8.75. The summed E-state index contributed by atoms with van der Waals surface area (Å²) >= 11 is 5.84. The number of hydrogen-bond donors (Lipinski definition) is 2. The molecule has 0 fully saturated rings. The van der Waals surface area contributed by atoms with Crippen LogP contribution in [0.15, 0.2) is 60.7 Å². The molecule has 3 aromatic rings. The van der Waals surface area contributed by atoms with Gasteiger partial charge in [-0.15, -0.1) is 10.2 Å². The van der Waals surface area contributed by atoms with E-state index >= 15 is 0 Å². The Morgan fingerprint density at radius 2 is 1.75 bits per heavy atom. The van der Waals surface area contributed by atoms with Crippen molar-refractivity contribution in [3.63, 3.8) is 0 Å². The minimum absolute atomic E-state index is 0.181. The summed E-state index contributed by atoms with van der Waals surface area (Å²) in [5.74, 6) is -0.413. The van der Waals surface area contributed by atoms with Crippen LogP contribution in [0.2, 0.25) is 5.02 Å². The maximum Gasteiger partial charge on any atom is 0.339 e. The average Bonchev–Trinajstić information content (AvgIpc) is 2.73. The Morgan fingerprint density at radius 3 is 2.43 bits per heavy atom. The average molecular weight is 397 g/mol. The van der Waals surface area contributed by atoms with Crippen LogP contribution in [0.4, 0.5) is 11.5 Å². The summed E-state index contributed by atoms with van der Waals surface area (Å²) in [7, 11) is 1.32. The van der Waals surface area contributed by atoms with Crippen molar-refractivity contribution in [3.05, 3.63) is 82.5 Å². The number of halogens is 1. The van der Waals surface area contributed by atoms with Gasteiger partial charge in [0, 0.05) is 11.6 Å². The number of aromatic nitrogens is 2. The van der Waals surface area contributed by atoms with Gasteiger partial charge in [-0.05, 0) is 42.0 Å². The Hall–Kier alpha value is -3.45. The number of esters is 1. The number of nitrogens with zero attached hydrogens (tertiary/aromatic N) is 2. The molecule has 1 heterocycles. The monoisotopic (exact) mass is 396 g/mol. The predicted octanol–water partition coefficient (Wildman–Crippen LogP) is 3.59. The summed E-state index contributed by atoms with van der Waals surface area (Å²) in [6.45, 7) is 0.351. The normalized spacial score (nSPS) is 10.2. The summed E-state index contributed by atoms with van der Waals surface area (Å²) in [6, 6.07) is 17.2. The van der Waals surface area contributed by atoms with Crippen LogP contribution >= 0.6 is 11.6 Å². The smallest absolute Gasteiger partial charge is 0.339 e. The third-order valence-corrected chi connectivity index (χ3v) is 4.11. The van der Waals surface area contributed by atoms with Crippen LogP contribution in [0.1, 0.15) is 26.4 Å². The fraction of sp³-hybridized carbons (Fsp3) is 0.100. The lowest BCUT2D eigenvalue weighted by Gasteiger charge is -2.10. The molecule has 0 aliphatic heterocycles. The molecular formula is C20H17ClN4O3. The summed E-state index contributed by atoms with van der Waals surface area (Å²) in [4.78, 5) is 24.0. The maximum atomic E-state index is 12.2. The number of carbonyl (C=O) groups excluding carboxylic acids is 2. The van der Waals surface area contributed by atoms with Gasteiger partial charge in [0.05, 0.1) is 18.4 Å². The SMILES string of the molecule is COC(=O)c1ccccc1Nc1ccc(C(=O)NCc2ccc(Cl)cc2)nn1. The van der Waals surface area contributed by atoms with Crippen molar-refractivity contribution >= 4 is 35.0 Å². The first kappa shape index (κ1) is 19.3. The molecular weight excluding hydrogens is 380 g/mol. The van der Waals surface area contributed by atoms with Crippen molar-refractivity contribution in [2.24, 2.45) is 0 Å². The molecule has 0 bridgehead atoms. The summed E-state index contributed by atoms with van der Waals surface area (Å²) < 4.78 is 4.76. The summed E-state index contributed by atoms with van der Waals surface area (Å²) in [5.41, 5.74) is 2.00. The van der Waals surface area contributed by atoms with E-state index in [1.165, 1.54) is 7.11 Å². The van der Waals surface area contributed by atoms with Crippen LogP contribution in [-0.4, -0.2) is 29.2 Å². The highest BCUT2D eigenvalue weighted by molar-refractivity contribution is 6.30. The van der Waals surface area contributed by atoms with E-state index in [0.717, 1.165) is 5.56 Å². The third-order valence-electron chi connectivity index (χ3n) is 3.86. The quantitative estimate of drug-likeness (QED) is 0.618. The molecule has 0 saturated heterocycles. The number of nitrogens with one attached hydrogen (secondary N) is 2. The van der Waals surface area contributed by atoms with E-state index in [4.69, 9.17) is 16.3 Å². The highest BCUT2D eigenvalue weighted by Gasteiger charge is 2.12. The molecule has 8 heteroatoms. The van der Waals surface area contributed by atoms with Gasteiger partial charge in [-0.3, -0.25) is 4.79 Å². The maximum absolute atomic E-state index is 12.2. The van der Waals surface area contributed by atoms with Gasteiger partial charge in [0.1, 0.15) is 0 Å². The van der Waals surface area contributed by atoms with E-state index < -0.39 is 5.97 Å². The molecule has 3 rings (SSSR count). The van der Waals surface area contributed by atoms with Crippen molar-refractivity contribution in [2.45, 2.75) is 6.54 Å². The number of anilines is 2. The highest BCUT2D eigenvalue weighted by Crippen LogP contribution is 2.20. The third kappa shape index (κ3) is 4.83. The summed E-state index contributed by atoms with van der Waals surface area (Å²) in [5, 5.41) is 14.3. The van der Waals surface area contributed by atoms with Gasteiger partial charge in [-0.2, -0.15) is 0 Å². The van der Waals surface area contributed by atoms with Crippen molar-refractivity contribution in [1.82, 2.24) is 15.5 Å². The van der Waals surface area contributed by atoms with Gasteiger partial charge in [-0.1, -0.05) is 35.9 Å². The topological polar surface area (TPSA) is 93.2 Å². The largest absolute Gasteiger partial charge is 0.465 e. The molecule has 142 valence electrons. The second-order valence-corrected chi connectivity index (χ2v) is 6.21. The minimum atomic E-state index is -0.464. The molecule has 0 saturated carbocycles. The fourth-order valence-corrected chi connectivity index (χ4v) is 2.54. The van der Waals surface area contributed by atoms with Crippen LogP contribution in [0.3, 0.4) is 0 Å². The lowest BCUT2D eigenvalue weighted by Crippen LogP contribution is -2.24. The van der Waals surface area contributed by atoms with E-state index in [2.05, 4.69) is 20.8 Å². The first-order chi connectivity index (χ1) is 13.6. The zero-order valence-electron chi connectivity index (χ0n) is 15.0. The molecule has 0 unspecified atom stereocenters. The standard InChI is InChI=1S/C20H17ClN4O3/c1-28-20(27)15-4-2-3-5-16(15)23-18-11-10-17(24-25-18)19(26)22-12-13-6-8-14(21)9-7-13/h2-11H,12H2,1H3,(H,22,26)(H,23,25). The zero-order chi connectivity index (χ0) is 19.9. The number of methoxy groups -OCH3 is 1. The molecule has 0 spiro atoms. The van der Waals surface area contributed by atoms with Crippen molar-refractivity contribution in [2.75, 3.05) is 12.4 Å². The lowest BCUT2D eigenvalue weighted by atomic mass is 10.2. The molecule has 2 N–H and O–H groups in total. The van der Waals surface area contributed by atoms with Crippen molar-refractivity contribution in [3.8, 4) is 0 Å². The molecule has 0 atom stereocenters. The minimum Gasteiger partial charge on any atom is -0.465 e. The van der Waals surface area contributed by atoms with Crippen LogP contribution in [0.25, 0.3) is 0 Å². The first-order valence-electron chi connectivity index (χ1n) is 8.37. The molecule has 7 nitrogen and oxygen atoms in total. The van der Waals surface area contributed by atoms with Crippen LogP contribution in [0, 0.1) is 0 Å². The van der Waals surface area contributed by atoms with E-state index in [1.807, 2.05) is 12.1 Å². The van der Waals surface area contributed by atoms with Gasteiger partial charge in [0.25, 0.3) is 5.91 Å². The Morgan fingerprint density at radius 1 is 1.00 bits per heavy atom. The van der Waals surface area contributed by atoms with Crippen LogP contribution < -0.4 is 10.6 Å². The Bertz CT molecular complexity index is 976.